The molecule has 0 saturated heterocycles. The van der Waals surface area contributed by atoms with Crippen molar-refractivity contribution in [2.45, 2.75) is 33.2 Å². The molecule has 1 N–H and O–H groups in total. The molecule has 14 heavy (non-hydrogen) atoms. The van der Waals surface area contributed by atoms with E-state index in [1.807, 2.05) is 20.8 Å². The van der Waals surface area contributed by atoms with Crippen LogP contribution < -0.4 is 0 Å². The Hall–Kier alpha value is -1.32. The van der Waals surface area contributed by atoms with Crippen LogP contribution in [0.5, 0.6) is 0 Å². The van der Waals surface area contributed by atoms with Crippen LogP contribution in [-0.2, 0) is 9.59 Å². The number of amides is 1. The van der Waals surface area contributed by atoms with Gasteiger partial charge < -0.3 is 10.0 Å². The zero-order valence-electron chi connectivity index (χ0n) is 8.86. The molecule has 1 amide bonds. The van der Waals surface area contributed by atoms with Crippen molar-refractivity contribution in [3.05, 3.63) is 12.2 Å². The molecular weight excluding hydrogens is 182 g/mol. The highest BCUT2D eigenvalue weighted by molar-refractivity contribution is 5.94. The van der Waals surface area contributed by atoms with Gasteiger partial charge in [-0.05, 0) is 20.3 Å². The number of hydrogen-bond donors (Lipinski definition) is 1. The lowest BCUT2D eigenvalue weighted by Crippen LogP contribution is -2.37. The quantitative estimate of drug-likeness (QED) is 0.678. The van der Waals surface area contributed by atoms with Gasteiger partial charge in [0.05, 0.1) is 0 Å². The van der Waals surface area contributed by atoms with Gasteiger partial charge in [-0.25, -0.2) is 4.79 Å². The molecule has 0 heterocycles. The van der Waals surface area contributed by atoms with Crippen LogP contribution in [0.15, 0.2) is 12.2 Å². The first-order valence-electron chi connectivity index (χ1n) is 4.74. The molecule has 0 radical (unpaired) electrons. The summed E-state index contributed by atoms with van der Waals surface area (Å²) in [5, 5.41) is 8.36. The average Bonchev–Trinajstić information content (AvgIpc) is 2.15. The molecule has 0 bridgehead atoms. The second-order valence-corrected chi connectivity index (χ2v) is 3.05. The van der Waals surface area contributed by atoms with Crippen LogP contribution in [0.2, 0.25) is 0 Å². The van der Waals surface area contributed by atoms with Crippen molar-refractivity contribution in [3.63, 3.8) is 0 Å². The van der Waals surface area contributed by atoms with Gasteiger partial charge in [0.2, 0.25) is 5.91 Å². The molecule has 1 unspecified atom stereocenters. The minimum absolute atomic E-state index is 0.144. The molecule has 4 heteroatoms. The van der Waals surface area contributed by atoms with Crippen molar-refractivity contribution < 1.29 is 14.7 Å². The fourth-order valence-corrected chi connectivity index (χ4v) is 1.14. The van der Waals surface area contributed by atoms with Gasteiger partial charge in [0.1, 0.15) is 0 Å². The lowest BCUT2D eigenvalue weighted by Gasteiger charge is -2.25. The maximum atomic E-state index is 11.5. The molecule has 0 rings (SSSR count). The Kier molecular flexibility index (Phi) is 5.60. The second kappa shape index (κ2) is 6.18. The summed E-state index contributed by atoms with van der Waals surface area (Å²) in [7, 11) is 0. The van der Waals surface area contributed by atoms with Crippen molar-refractivity contribution in [2.24, 2.45) is 0 Å². The van der Waals surface area contributed by atoms with Crippen molar-refractivity contribution in [3.8, 4) is 0 Å². The predicted molar refractivity (Wildman–Crippen MR) is 53.9 cm³/mol. The third kappa shape index (κ3) is 4.07. The largest absolute Gasteiger partial charge is 0.478 e. The van der Waals surface area contributed by atoms with E-state index < -0.39 is 5.97 Å². The van der Waals surface area contributed by atoms with Crippen molar-refractivity contribution >= 4 is 11.9 Å². The molecule has 0 aromatic rings. The van der Waals surface area contributed by atoms with E-state index in [2.05, 4.69) is 0 Å². The van der Waals surface area contributed by atoms with E-state index in [1.165, 1.54) is 0 Å². The van der Waals surface area contributed by atoms with Crippen LogP contribution in [0.1, 0.15) is 27.2 Å². The van der Waals surface area contributed by atoms with E-state index in [0.29, 0.717) is 6.54 Å². The van der Waals surface area contributed by atoms with Crippen molar-refractivity contribution in [2.75, 3.05) is 6.54 Å². The van der Waals surface area contributed by atoms with Crippen molar-refractivity contribution in [1.82, 2.24) is 4.90 Å². The van der Waals surface area contributed by atoms with Crippen LogP contribution in [0.25, 0.3) is 0 Å². The number of hydrogen-bond acceptors (Lipinski definition) is 2. The van der Waals surface area contributed by atoms with Gasteiger partial charge in [0.15, 0.2) is 0 Å². The Balaban J connectivity index is 4.39. The topological polar surface area (TPSA) is 57.6 Å². The molecule has 0 aromatic heterocycles. The number of rotatable bonds is 5. The average molecular weight is 199 g/mol. The van der Waals surface area contributed by atoms with E-state index in [1.54, 1.807) is 4.90 Å². The third-order valence-electron chi connectivity index (χ3n) is 2.12. The summed E-state index contributed by atoms with van der Waals surface area (Å²) in [6.07, 6.45) is 2.83. The summed E-state index contributed by atoms with van der Waals surface area (Å²) in [4.78, 5) is 23.3. The summed E-state index contributed by atoms with van der Waals surface area (Å²) in [6.45, 7) is 6.40. The highest BCUT2D eigenvalue weighted by atomic mass is 16.4. The smallest absolute Gasteiger partial charge is 0.328 e. The van der Waals surface area contributed by atoms with E-state index in [9.17, 15) is 9.59 Å². The zero-order valence-corrected chi connectivity index (χ0v) is 8.86. The van der Waals surface area contributed by atoms with E-state index >= 15 is 0 Å². The number of aliphatic carboxylic acids is 1. The van der Waals surface area contributed by atoms with Crippen LogP contribution in [0, 0.1) is 0 Å². The molecular formula is C10H17NO3. The van der Waals surface area contributed by atoms with Gasteiger partial charge >= 0.3 is 5.97 Å². The Labute approximate surface area is 84.2 Å². The molecule has 0 fully saturated rings. The SMILES string of the molecule is CCC(C)N(CC)C(=O)/C=C/C(=O)O. The van der Waals surface area contributed by atoms with E-state index in [4.69, 9.17) is 5.11 Å². The fourth-order valence-electron chi connectivity index (χ4n) is 1.14. The third-order valence-corrected chi connectivity index (χ3v) is 2.12. The van der Waals surface area contributed by atoms with Crippen molar-refractivity contribution in [1.29, 1.82) is 0 Å². The van der Waals surface area contributed by atoms with Crippen LogP contribution >= 0.6 is 0 Å². The Morgan fingerprint density at radius 3 is 2.29 bits per heavy atom. The summed E-state index contributed by atoms with van der Waals surface area (Å²) >= 11 is 0. The van der Waals surface area contributed by atoms with Gasteiger partial charge in [-0.1, -0.05) is 6.92 Å². The normalized spacial score (nSPS) is 12.8. The molecule has 0 aromatic carbocycles. The first-order valence-corrected chi connectivity index (χ1v) is 4.74. The summed E-state index contributed by atoms with van der Waals surface area (Å²) in [5.41, 5.74) is 0. The van der Waals surface area contributed by atoms with E-state index in [0.717, 1.165) is 18.6 Å². The number of carboxylic acids is 1. The highest BCUT2D eigenvalue weighted by Gasteiger charge is 2.14. The summed E-state index contributed by atoms with van der Waals surface area (Å²) in [5.74, 6) is -1.34. The van der Waals surface area contributed by atoms with Gasteiger partial charge in [-0.15, -0.1) is 0 Å². The zero-order chi connectivity index (χ0) is 11.1. The first-order chi connectivity index (χ1) is 6.52. The molecule has 0 spiro atoms. The van der Waals surface area contributed by atoms with Gasteiger partial charge in [0.25, 0.3) is 0 Å². The first kappa shape index (κ1) is 12.7. The maximum Gasteiger partial charge on any atom is 0.328 e. The van der Waals surface area contributed by atoms with Crippen LogP contribution in [0.4, 0.5) is 0 Å². The van der Waals surface area contributed by atoms with Gasteiger partial charge in [-0.3, -0.25) is 4.79 Å². The number of likely N-dealkylation sites (N-methyl/N-ethyl adjacent to an activating group) is 1. The molecule has 0 saturated carbocycles. The lowest BCUT2D eigenvalue weighted by molar-refractivity contribution is -0.132. The predicted octanol–water partition coefficient (Wildman–Crippen LogP) is 1.27. The number of carbonyl (C=O) groups excluding carboxylic acids is 1. The highest BCUT2D eigenvalue weighted by Crippen LogP contribution is 2.03. The molecule has 0 aliphatic heterocycles. The van der Waals surface area contributed by atoms with E-state index in [-0.39, 0.29) is 11.9 Å². The lowest BCUT2D eigenvalue weighted by atomic mass is 10.2. The molecule has 1 atom stereocenters. The number of nitrogens with zero attached hydrogens (tertiary/aromatic N) is 1. The second-order valence-electron chi connectivity index (χ2n) is 3.05. The van der Waals surface area contributed by atoms with Gasteiger partial charge in [-0.2, -0.15) is 0 Å². The maximum absolute atomic E-state index is 11.5. The standard InChI is InChI=1S/C10H17NO3/c1-4-8(3)11(5-2)9(12)6-7-10(13)14/h6-8H,4-5H2,1-3H3,(H,13,14)/b7-6+. The minimum atomic E-state index is -1.10. The fraction of sp³-hybridized carbons (Fsp3) is 0.600. The Bertz CT molecular complexity index is 236. The number of carboxylic acid groups (broad SMARTS) is 1. The Morgan fingerprint density at radius 1 is 1.36 bits per heavy atom. The number of carbonyl (C=O) groups is 2. The Morgan fingerprint density at radius 2 is 1.93 bits per heavy atom. The van der Waals surface area contributed by atoms with Crippen LogP contribution in [-0.4, -0.2) is 34.5 Å². The minimum Gasteiger partial charge on any atom is -0.478 e. The van der Waals surface area contributed by atoms with Gasteiger partial charge in [0, 0.05) is 24.7 Å². The summed E-state index contributed by atoms with van der Waals surface area (Å²) < 4.78 is 0. The molecule has 4 nitrogen and oxygen atoms in total. The molecule has 0 aliphatic rings. The monoisotopic (exact) mass is 199 g/mol. The van der Waals surface area contributed by atoms with Crippen LogP contribution in [0.3, 0.4) is 0 Å². The molecule has 80 valence electrons. The molecule has 0 aliphatic carbocycles. The summed E-state index contributed by atoms with van der Waals surface area (Å²) in [6, 6.07) is 0.144.